The molecule has 0 unspecified atom stereocenters. The summed E-state index contributed by atoms with van der Waals surface area (Å²) in [6.07, 6.45) is 3.42. The quantitative estimate of drug-likeness (QED) is 0.685. The van der Waals surface area contributed by atoms with Crippen LogP contribution in [0, 0.1) is 24.4 Å². The van der Waals surface area contributed by atoms with E-state index in [9.17, 15) is 18.0 Å². The highest BCUT2D eigenvalue weighted by atomic mass is 19.2. The lowest BCUT2D eigenvalue weighted by Gasteiger charge is -2.10. The number of rotatable bonds is 3. The maximum atomic E-state index is 13.5. The normalized spacial score (nSPS) is 12.0. The highest BCUT2D eigenvalue weighted by Crippen LogP contribution is 2.20. The van der Waals surface area contributed by atoms with Gasteiger partial charge in [0.2, 0.25) is 6.04 Å². The maximum absolute atomic E-state index is 13.5. The molecule has 21 heavy (non-hydrogen) atoms. The summed E-state index contributed by atoms with van der Waals surface area (Å²) in [6.45, 7) is 3.52. The maximum Gasteiger partial charge on any atom is 0.293 e. The Kier molecular flexibility index (Phi) is 4.26. The Morgan fingerprint density at radius 3 is 2.33 bits per heavy atom. The minimum Gasteiger partial charge on any atom is -0.318 e. The van der Waals surface area contributed by atoms with Gasteiger partial charge in [-0.3, -0.25) is 4.79 Å². The molecule has 0 saturated heterocycles. The molecule has 0 saturated carbocycles. The van der Waals surface area contributed by atoms with Gasteiger partial charge in [-0.2, -0.15) is 4.57 Å². The van der Waals surface area contributed by atoms with Crippen LogP contribution in [0.5, 0.6) is 0 Å². The lowest BCUT2D eigenvalue weighted by atomic mass is 10.2. The van der Waals surface area contributed by atoms with Gasteiger partial charge in [0, 0.05) is 19.1 Å². The Labute approximate surface area is 120 Å². The first-order chi connectivity index (χ1) is 9.90. The standard InChI is InChI=1S/C15H13F3N2O/c1-9-5-7-20(8-6-9)10(2)15(21)19-12-4-3-11(16)13(17)14(12)18/h3-8,10H,1-2H3/p+1/t10-/m0/s1. The van der Waals surface area contributed by atoms with Crippen LogP contribution in [-0.2, 0) is 4.79 Å². The molecule has 110 valence electrons. The van der Waals surface area contributed by atoms with Crippen molar-refractivity contribution in [2.75, 3.05) is 5.32 Å². The zero-order chi connectivity index (χ0) is 15.6. The van der Waals surface area contributed by atoms with Crippen molar-refractivity contribution in [3.63, 3.8) is 0 Å². The van der Waals surface area contributed by atoms with Gasteiger partial charge >= 0.3 is 0 Å². The largest absolute Gasteiger partial charge is 0.318 e. The third kappa shape index (κ3) is 3.21. The predicted octanol–water partition coefficient (Wildman–Crippen LogP) is 2.90. The van der Waals surface area contributed by atoms with Gasteiger partial charge in [-0.15, -0.1) is 0 Å². The molecule has 0 aliphatic rings. The molecule has 0 radical (unpaired) electrons. The van der Waals surface area contributed by atoms with Crippen LogP contribution in [0.3, 0.4) is 0 Å². The molecule has 6 heteroatoms. The van der Waals surface area contributed by atoms with E-state index >= 15 is 0 Å². The molecular formula is C15H14F3N2O+. The molecule has 1 amide bonds. The molecule has 0 aliphatic carbocycles. The van der Waals surface area contributed by atoms with Gasteiger partial charge in [-0.25, -0.2) is 13.2 Å². The third-order valence-corrected chi connectivity index (χ3v) is 3.14. The van der Waals surface area contributed by atoms with Crippen LogP contribution in [0.25, 0.3) is 0 Å². The van der Waals surface area contributed by atoms with Crippen LogP contribution in [-0.4, -0.2) is 5.91 Å². The molecule has 1 N–H and O–H groups in total. The number of nitrogens with one attached hydrogen (secondary N) is 1. The van der Waals surface area contributed by atoms with Gasteiger partial charge in [0.25, 0.3) is 5.91 Å². The molecule has 0 bridgehead atoms. The number of hydrogen-bond donors (Lipinski definition) is 1. The topological polar surface area (TPSA) is 33.0 Å². The number of nitrogens with zero attached hydrogens (tertiary/aromatic N) is 1. The Hall–Kier alpha value is -2.37. The second kappa shape index (κ2) is 5.95. The van der Waals surface area contributed by atoms with E-state index in [-0.39, 0.29) is 0 Å². The van der Waals surface area contributed by atoms with E-state index in [1.165, 1.54) is 0 Å². The minimum absolute atomic E-state index is 0.390. The van der Waals surface area contributed by atoms with E-state index in [1.807, 2.05) is 19.1 Å². The Morgan fingerprint density at radius 1 is 1.10 bits per heavy atom. The minimum atomic E-state index is -1.61. The molecule has 2 aromatic rings. The molecule has 0 spiro atoms. The van der Waals surface area contributed by atoms with Gasteiger partial charge in [0.1, 0.15) is 0 Å². The zero-order valence-corrected chi connectivity index (χ0v) is 11.5. The molecule has 1 heterocycles. The van der Waals surface area contributed by atoms with Crippen LogP contribution in [0.15, 0.2) is 36.7 Å². The molecule has 3 nitrogen and oxygen atoms in total. The Bertz CT molecular complexity index is 671. The molecule has 1 aromatic heterocycles. The monoisotopic (exact) mass is 295 g/mol. The van der Waals surface area contributed by atoms with Gasteiger partial charge in [-0.1, -0.05) is 0 Å². The SMILES string of the molecule is Cc1cc[n+]([C@@H](C)C(=O)Nc2ccc(F)c(F)c2F)cc1. The number of aromatic nitrogens is 1. The van der Waals surface area contributed by atoms with Gasteiger partial charge in [0.15, 0.2) is 29.8 Å². The van der Waals surface area contributed by atoms with E-state index in [2.05, 4.69) is 5.32 Å². The number of halogens is 3. The fraction of sp³-hybridized carbons (Fsp3) is 0.200. The molecule has 1 aromatic carbocycles. The number of carbonyl (C=O) groups is 1. The first-order valence-electron chi connectivity index (χ1n) is 6.32. The van der Waals surface area contributed by atoms with E-state index in [0.29, 0.717) is 0 Å². The number of hydrogen-bond acceptors (Lipinski definition) is 1. The van der Waals surface area contributed by atoms with Crippen LogP contribution < -0.4 is 9.88 Å². The summed E-state index contributed by atoms with van der Waals surface area (Å²) in [5.74, 6) is -4.85. The number of amides is 1. The lowest BCUT2D eigenvalue weighted by Crippen LogP contribution is -2.44. The highest BCUT2D eigenvalue weighted by Gasteiger charge is 2.24. The van der Waals surface area contributed by atoms with Crippen molar-refractivity contribution in [3.8, 4) is 0 Å². The lowest BCUT2D eigenvalue weighted by molar-refractivity contribution is -0.705. The second-order valence-corrected chi connectivity index (χ2v) is 4.71. The van der Waals surface area contributed by atoms with Crippen molar-refractivity contribution < 1.29 is 22.5 Å². The molecule has 0 fully saturated rings. The summed E-state index contributed by atoms with van der Waals surface area (Å²) in [6, 6.07) is 4.76. The number of carbonyl (C=O) groups excluding carboxylic acids is 1. The summed E-state index contributed by atoms with van der Waals surface area (Å²) >= 11 is 0. The van der Waals surface area contributed by atoms with Crippen molar-refractivity contribution in [3.05, 3.63) is 59.7 Å². The smallest absolute Gasteiger partial charge is 0.293 e. The fourth-order valence-electron chi connectivity index (χ4n) is 1.77. The van der Waals surface area contributed by atoms with Crippen molar-refractivity contribution in [1.29, 1.82) is 0 Å². The summed E-state index contributed by atoms with van der Waals surface area (Å²) in [5.41, 5.74) is 0.643. The van der Waals surface area contributed by atoms with Crippen molar-refractivity contribution >= 4 is 11.6 Å². The van der Waals surface area contributed by atoms with E-state index in [4.69, 9.17) is 0 Å². The van der Waals surface area contributed by atoms with Crippen molar-refractivity contribution in [2.24, 2.45) is 0 Å². The summed E-state index contributed by atoms with van der Waals surface area (Å²) < 4.78 is 41.1. The summed E-state index contributed by atoms with van der Waals surface area (Å²) in [4.78, 5) is 12.0. The Balaban J connectivity index is 2.18. The van der Waals surface area contributed by atoms with Crippen LogP contribution in [0.1, 0.15) is 18.5 Å². The van der Waals surface area contributed by atoms with Gasteiger partial charge < -0.3 is 5.32 Å². The Morgan fingerprint density at radius 2 is 1.71 bits per heavy atom. The number of benzene rings is 1. The molecule has 2 rings (SSSR count). The van der Waals surface area contributed by atoms with Crippen LogP contribution in [0.2, 0.25) is 0 Å². The highest BCUT2D eigenvalue weighted by molar-refractivity contribution is 5.92. The van der Waals surface area contributed by atoms with E-state index in [1.54, 1.807) is 23.9 Å². The van der Waals surface area contributed by atoms with Gasteiger partial charge in [0.05, 0.1) is 5.69 Å². The fourth-order valence-corrected chi connectivity index (χ4v) is 1.77. The summed E-state index contributed by atoms with van der Waals surface area (Å²) in [5, 5.41) is 2.25. The summed E-state index contributed by atoms with van der Waals surface area (Å²) in [7, 11) is 0. The number of aryl methyl sites for hydroxylation is 1. The zero-order valence-electron chi connectivity index (χ0n) is 11.5. The first kappa shape index (κ1) is 15.0. The van der Waals surface area contributed by atoms with Gasteiger partial charge in [-0.05, 0) is 24.6 Å². The number of anilines is 1. The average molecular weight is 295 g/mol. The van der Waals surface area contributed by atoms with Crippen molar-refractivity contribution in [2.45, 2.75) is 19.9 Å². The van der Waals surface area contributed by atoms with Crippen LogP contribution in [0.4, 0.5) is 18.9 Å². The molecule has 0 aliphatic heterocycles. The number of pyridine rings is 1. The first-order valence-corrected chi connectivity index (χ1v) is 6.32. The third-order valence-electron chi connectivity index (χ3n) is 3.14. The molecule has 1 atom stereocenters. The van der Waals surface area contributed by atoms with E-state index < -0.39 is 35.1 Å². The predicted molar refractivity (Wildman–Crippen MR) is 71.0 cm³/mol. The molecular weight excluding hydrogens is 281 g/mol. The van der Waals surface area contributed by atoms with Crippen LogP contribution >= 0.6 is 0 Å². The van der Waals surface area contributed by atoms with E-state index in [0.717, 1.165) is 17.7 Å². The van der Waals surface area contributed by atoms with Crippen molar-refractivity contribution in [1.82, 2.24) is 0 Å². The second-order valence-electron chi connectivity index (χ2n) is 4.71. The average Bonchev–Trinajstić information content (AvgIpc) is 2.48.